The van der Waals surface area contributed by atoms with E-state index in [1.807, 2.05) is 13.8 Å². The summed E-state index contributed by atoms with van der Waals surface area (Å²) in [4.78, 5) is 12.3. The van der Waals surface area contributed by atoms with Gasteiger partial charge in [-0.3, -0.25) is 4.79 Å². The Morgan fingerprint density at radius 1 is 1.33 bits per heavy atom. The number of carbonyl (C=O) groups is 1. The van der Waals surface area contributed by atoms with Gasteiger partial charge in [-0.1, -0.05) is 34.6 Å². The molecule has 0 bridgehead atoms. The van der Waals surface area contributed by atoms with Gasteiger partial charge in [-0.15, -0.1) is 0 Å². The van der Waals surface area contributed by atoms with Gasteiger partial charge in [-0.25, -0.2) is 0 Å². The Morgan fingerprint density at radius 2 is 1.89 bits per heavy atom. The third-order valence-corrected chi connectivity index (χ3v) is 4.02. The van der Waals surface area contributed by atoms with Gasteiger partial charge < -0.3 is 10.6 Å². The second-order valence-electron chi connectivity index (χ2n) is 7.23. The minimum absolute atomic E-state index is 0.205. The maximum absolute atomic E-state index is 12.3. The van der Waals surface area contributed by atoms with Crippen LogP contribution in [-0.4, -0.2) is 25.5 Å². The zero-order valence-electron chi connectivity index (χ0n) is 12.7. The average Bonchev–Trinajstić information content (AvgIpc) is 2.25. The highest BCUT2D eigenvalue weighted by Crippen LogP contribution is 2.29. The molecule has 3 heteroatoms. The van der Waals surface area contributed by atoms with Crippen molar-refractivity contribution in [3.8, 4) is 0 Å². The first-order valence-corrected chi connectivity index (χ1v) is 7.24. The Hall–Kier alpha value is -0.570. The van der Waals surface area contributed by atoms with Gasteiger partial charge in [0.1, 0.15) is 0 Å². The molecule has 0 atom stereocenters. The topological polar surface area (TPSA) is 41.1 Å². The molecule has 0 aromatic carbocycles. The second-order valence-corrected chi connectivity index (χ2v) is 7.23. The molecule has 0 aromatic heterocycles. The van der Waals surface area contributed by atoms with Crippen LogP contribution in [0.2, 0.25) is 0 Å². The van der Waals surface area contributed by atoms with Crippen LogP contribution >= 0.6 is 0 Å². The van der Waals surface area contributed by atoms with Crippen molar-refractivity contribution in [2.75, 3.05) is 19.6 Å². The van der Waals surface area contributed by atoms with E-state index in [4.69, 9.17) is 0 Å². The lowest BCUT2D eigenvalue weighted by Gasteiger charge is -2.35. The third-order valence-electron chi connectivity index (χ3n) is 4.02. The molecule has 2 N–H and O–H groups in total. The van der Waals surface area contributed by atoms with Crippen molar-refractivity contribution in [1.29, 1.82) is 0 Å². The fraction of sp³-hybridized carbons (Fsp3) is 0.933. The first-order chi connectivity index (χ1) is 8.25. The van der Waals surface area contributed by atoms with Gasteiger partial charge in [-0.2, -0.15) is 0 Å². The summed E-state index contributed by atoms with van der Waals surface area (Å²) in [5, 5.41) is 6.54. The minimum Gasteiger partial charge on any atom is -0.355 e. The van der Waals surface area contributed by atoms with E-state index in [1.165, 1.54) is 0 Å². The van der Waals surface area contributed by atoms with E-state index >= 15 is 0 Å². The Labute approximate surface area is 112 Å². The zero-order valence-corrected chi connectivity index (χ0v) is 12.7. The van der Waals surface area contributed by atoms with Crippen molar-refractivity contribution < 1.29 is 4.79 Å². The number of rotatable bonds is 5. The Morgan fingerprint density at radius 3 is 2.39 bits per heavy atom. The molecule has 1 saturated heterocycles. The smallest absolute Gasteiger partial charge is 0.225 e. The van der Waals surface area contributed by atoms with Crippen molar-refractivity contribution in [1.82, 2.24) is 10.6 Å². The summed E-state index contributed by atoms with van der Waals surface area (Å²) < 4.78 is 0. The number of nitrogens with one attached hydrogen (secondary N) is 2. The SMILES string of the molecule is CC(C)CC(C)(C)C(=O)NCC1(C)CCNCC1. The van der Waals surface area contributed by atoms with Crippen molar-refractivity contribution in [2.45, 2.75) is 53.9 Å². The zero-order chi connectivity index (χ0) is 13.8. The summed E-state index contributed by atoms with van der Waals surface area (Å²) in [5.41, 5.74) is 0.0201. The van der Waals surface area contributed by atoms with Crippen LogP contribution in [0.5, 0.6) is 0 Å². The molecular weight excluding hydrogens is 224 g/mol. The van der Waals surface area contributed by atoms with Crippen LogP contribution in [0.15, 0.2) is 0 Å². The first kappa shape index (κ1) is 15.5. The summed E-state index contributed by atoms with van der Waals surface area (Å²) in [6, 6.07) is 0. The standard InChI is InChI=1S/C15H30N2O/c1-12(2)10-14(3,4)13(18)17-11-15(5)6-8-16-9-7-15/h12,16H,6-11H2,1-5H3,(H,17,18). The maximum Gasteiger partial charge on any atom is 0.225 e. The van der Waals surface area contributed by atoms with Crippen molar-refractivity contribution >= 4 is 5.91 Å². The summed E-state index contributed by atoms with van der Waals surface area (Å²) >= 11 is 0. The molecule has 1 amide bonds. The molecule has 18 heavy (non-hydrogen) atoms. The number of hydrogen-bond donors (Lipinski definition) is 2. The predicted octanol–water partition coefficient (Wildman–Crippen LogP) is 2.56. The van der Waals surface area contributed by atoms with Gasteiger partial charge in [0.05, 0.1) is 0 Å². The molecule has 0 aliphatic carbocycles. The first-order valence-electron chi connectivity index (χ1n) is 7.24. The molecule has 0 radical (unpaired) electrons. The Kier molecular flexibility index (Phi) is 5.20. The van der Waals surface area contributed by atoms with E-state index in [2.05, 4.69) is 31.4 Å². The summed E-state index contributed by atoms with van der Waals surface area (Å²) in [6.07, 6.45) is 3.24. The van der Waals surface area contributed by atoms with Gasteiger partial charge in [0, 0.05) is 12.0 Å². The molecule has 0 saturated carbocycles. The lowest BCUT2D eigenvalue weighted by Crippen LogP contribution is -2.46. The van der Waals surface area contributed by atoms with E-state index in [1.54, 1.807) is 0 Å². The molecule has 0 unspecified atom stereocenters. The number of piperidine rings is 1. The van der Waals surface area contributed by atoms with E-state index in [9.17, 15) is 4.79 Å². The maximum atomic E-state index is 12.3. The fourth-order valence-corrected chi connectivity index (χ4v) is 2.85. The molecule has 1 aliphatic heterocycles. The predicted molar refractivity (Wildman–Crippen MR) is 76.5 cm³/mol. The third kappa shape index (κ3) is 4.60. The fourth-order valence-electron chi connectivity index (χ4n) is 2.85. The second kappa shape index (κ2) is 6.05. The van der Waals surface area contributed by atoms with Crippen LogP contribution in [0, 0.1) is 16.7 Å². The molecule has 0 aromatic rings. The van der Waals surface area contributed by atoms with Crippen LogP contribution in [0.1, 0.15) is 53.9 Å². The van der Waals surface area contributed by atoms with Gasteiger partial charge in [0.2, 0.25) is 5.91 Å². The lowest BCUT2D eigenvalue weighted by atomic mass is 9.79. The molecule has 106 valence electrons. The van der Waals surface area contributed by atoms with Crippen molar-refractivity contribution in [2.24, 2.45) is 16.7 Å². The van der Waals surface area contributed by atoms with Crippen LogP contribution in [0.4, 0.5) is 0 Å². The van der Waals surface area contributed by atoms with Crippen LogP contribution in [0.25, 0.3) is 0 Å². The Balaban J connectivity index is 2.44. The number of carbonyl (C=O) groups excluding carboxylic acids is 1. The normalized spacial score (nSPS) is 19.9. The van der Waals surface area contributed by atoms with E-state index < -0.39 is 0 Å². The van der Waals surface area contributed by atoms with Crippen molar-refractivity contribution in [3.63, 3.8) is 0 Å². The minimum atomic E-state index is -0.253. The van der Waals surface area contributed by atoms with E-state index in [-0.39, 0.29) is 16.7 Å². The molecule has 1 fully saturated rings. The van der Waals surface area contributed by atoms with Crippen LogP contribution in [0.3, 0.4) is 0 Å². The highest BCUT2D eigenvalue weighted by molar-refractivity contribution is 5.81. The van der Waals surface area contributed by atoms with E-state index in [0.717, 1.165) is 38.9 Å². The monoisotopic (exact) mass is 254 g/mol. The summed E-state index contributed by atoms with van der Waals surface area (Å²) in [7, 11) is 0. The highest BCUT2D eigenvalue weighted by Gasteiger charge is 2.32. The molecule has 1 aliphatic rings. The number of amides is 1. The Bertz CT molecular complexity index is 278. The summed E-state index contributed by atoms with van der Waals surface area (Å²) in [6.45, 7) is 13.7. The number of hydrogen-bond acceptors (Lipinski definition) is 2. The van der Waals surface area contributed by atoms with Crippen LogP contribution < -0.4 is 10.6 Å². The largest absolute Gasteiger partial charge is 0.355 e. The lowest BCUT2D eigenvalue weighted by molar-refractivity contribution is -0.130. The quantitative estimate of drug-likeness (QED) is 0.791. The van der Waals surface area contributed by atoms with Gasteiger partial charge in [-0.05, 0) is 43.7 Å². The van der Waals surface area contributed by atoms with Crippen LogP contribution in [-0.2, 0) is 4.79 Å². The molecule has 1 heterocycles. The van der Waals surface area contributed by atoms with Gasteiger partial charge in [0.25, 0.3) is 0 Å². The molecule has 1 rings (SSSR count). The van der Waals surface area contributed by atoms with E-state index in [0.29, 0.717) is 5.92 Å². The van der Waals surface area contributed by atoms with Gasteiger partial charge >= 0.3 is 0 Å². The molecule has 0 spiro atoms. The summed E-state index contributed by atoms with van der Waals surface area (Å²) in [5.74, 6) is 0.760. The van der Waals surface area contributed by atoms with Gasteiger partial charge in [0.15, 0.2) is 0 Å². The highest BCUT2D eigenvalue weighted by atomic mass is 16.2. The average molecular weight is 254 g/mol. The molecular formula is C15H30N2O. The van der Waals surface area contributed by atoms with Crippen molar-refractivity contribution in [3.05, 3.63) is 0 Å². The molecule has 3 nitrogen and oxygen atoms in total.